The van der Waals surface area contributed by atoms with Crippen molar-refractivity contribution in [2.45, 2.75) is 135 Å². The van der Waals surface area contributed by atoms with Crippen LogP contribution in [0, 0.1) is 0 Å². The van der Waals surface area contributed by atoms with Crippen molar-refractivity contribution in [3.05, 3.63) is 109 Å². The van der Waals surface area contributed by atoms with Gasteiger partial charge in [0.1, 0.15) is 19.8 Å². The highest BCUT2D eigenvalue weighted by Gasteiger charge is 2.27. The van der Waals surface area contributed by atoms with Crippen LogP contribution in [0.3, 0.4) is 0 Å². The molecule has 0 amide bonds. The number of ether oxygens (including phenoxy) is 2. The number of esters is 2. The highest BCUT2D eigenvalue weighted by molar-refractivity contribution is 7.47. The number of phosphoric acid groups is 1. The maximum atomic E-state index is 12.7. The summed E-state index contributed by atoms with van der Waals surface area (Å²) >= 11 is 0. The van der Waals surface area contributed by atoms with Gasteiger partial charge in [-0.3, -0.25) is 18.6 Å². The first-order valence-electron chi connectivity index (χ1n) is 21.7. The third-order valence-electron chi connectivity index (χ3n) is 8.38. The molecule has 0 aromatic rings. The van der Waals surface area contributed by atoms with Crippen LogP contribution in [-0.2, 0) is 32.7 Å². The number of aliphatic hydroxyl groups excluding tert-OH is 1. The molecule has 334 valence electrons. The van der Waals surface area contributed by atoms with E-state index in [1.165, 1.54) is 19.3 Å². The quantitative estimate of drug-likeness (QED) is 0.0157. The molecule has 0 aliphatic carbocycles. The number of phosphoric ester groups is 1. The number of unbranched alkanes of at least 4 members (excludes halogenated alkanes) is 5. The van der Waals surface area contributed by atoms with Crippen LogP contribution < -0.4 is 0 Å². The molecule has 0 saturated heterocycles. The van der Waals surface area contributed by atoms with Crippen LogP contribution in [0.4, 0.5) is 0 Å². The molecule has 3 atom stereocenters. The third-order valence-corrected chi connectivity index (χ3v) is 9.37. The van der Waals surface area contributed by atoms with Crippen LogP contribution in [-0.4, -0.2) is 86.1 Å². The summed E-state index contributed by atoms with van der Waals surface area (Å²) in [5.41, 5.74) is 0. The molecule has 0 aromatic carbocycles. The van der Waals surface area contributed by atoms with Crippen LogP contribution >= 0.6 is 7.82 Å². The van der Waals surface area contributed by atoms with Gasteiger partial charge >= 0.3 is 19.8 Å². The van der Waals surface area contributed by atoms with Gasteiger partial charge in [0, 0.05) is 12.8 Å². The summed E-state index contributed by atoms with van der Waals surface area (Å²) in [6.07, 6.45) is 48.9. The number of rotatable bonds is 37. The average Bonchev–Trinajstić information content (AvgIpc) is 3.18. The zero-order valence-electron chi connectivity index (χ0n) is 37.0. The number of nitrogens with zero attached hydrogens (tertiary/aromatic N) is 1. The lowest BCUT2D eigenvalue weighted by atomic mass is 10.1. The van der Waals surface area contributed by atoms with E-state index in [9.17, 15) is 24.2 Å². The van der Waals surface area contributed by atoms with Crippen molar-refractivity contribution in [3.8, 4) is 0 Å². The van der Waals surface area contributed by atoms with Gasteiger partial charge in [0.25, 0.3) is 0 Å². The average molecular weight is 845 g/mol. The Hall–Kier alpha value is -3.37. The third kappa shape index (κ3) is 42.6. The summed E-state index contributed by atoms with van der Waals surface area (Å²) < 4.78 is 34.1. The van der Waals surface area contributed by atoms with E-state index in [1.54, 1.807) is 18.2 Å². The van der Waals surface area contributed by atoms with Gasteiger partial charge < -0.3 is 24.0 Å². The topological polar surface area (TPSA) is 129 Å². The molecule has 0 saturated carbocycles. The summed E-state index contributed by atoms with van der Waals surface area (Å²) in [5, 5.41) is 10.2. The number of carbonyl (C=O) groups is 2. The SMILES string of the molecule is CC/C=C\C/C=C\C/C=C\C/C=C\C=C/C(O)C/C=C\CCC(=O)OC[C@H](COP(=O)(O)OCC[N+](C)(C)C)OC(=O)CCCC/C=C\C/C=C\C/C=C\CCCCC. The second-order valence-electron chi connectivity index (χ2n) is 15.2. The fraction of sp³-hybridized carbons (Fsp3) is 0.583. The zero-order chi connectivity index (χ0) is 43.7. The van der Waals surface area contributed by atoms with Crippen molar-refractivity contribution in [1.82, 2.24) is 0 Å². The van der Waals surface area contributed by atoms with Gasteiger partial charge in [0.15, 0.2) is 6.10 Å². The Morgan fingerprint density at radius 2 is 1.19 bits per heavy atom. The second-order valence-corrected chi connectivity index (χ2v) is 16.6. The summed E-state index contributed by atoms with van der Waals surface area (Å²) in [4.78, 5) is 35.3. The van der Waals surface area contributed by atoms with Gasteiger partial charge in [0.2, 0.25) is 0 Å². The fourth-order valence-electron chi connectivity index (χ4n) is 4.95. The van der Waals surface area contributed by atoms with E-state index in [4.69, 9.17) is 18.5 Å². The van der Waals surface area contributed by atoms with Crippen LogP contribution in [0.2, 0.25) is 0 Å². The molecule has 0 aliphatic rings. The van der Waals surface area contributed by atoms with E-state index < -0.39 is 38.6 Å². The standard InChI is InChI=1S/C48H78NO9P/c1-6-8-10-12-14-16-18-20-21-23-25-27-29-31-35-40-48(52)58-46(44-57-59(53,54)56-42-41-49(3,4)5)43-55-47(51)39-36-32-34-38-45(50)37-33-30-28-26-24-22-19-17-15-13-11-9-7-2/h9,11,14-17,20-22,24-25,27-28,30,32-34,37,45-46,50H,6-8,10,12-13,18-19,23,26,29,31,35-36,38-44H2,1-5H3/p+1/b11-9-,16-14-,17-15-,21-20-,24-22-,27-25-,30-28-,34-32-,37-33-/t45?,46-/m1/s1. The maximum absolute atomic E-state index is 12.7. The number of aliphatic hydroxyl groups is 1. The lowest BCUT2D eigenvalue weighted by molar-refractivity contribution is -0.870. The Balaban J connectivity index is 4.67. The van der Waals surface area contributed by atoms with E-state index >= 15 is 0 Å². The largest absolute Gasteiger partial charge is 0.472 e. The number of carbonyl (C=O) groups excluding carboxylic acids is 2. The van der Waals surface area contributed by atoms with Gasteiger partial charge in [-0.25, -0.2) is 4.57 Å². The smallest absolute Gasteiger partial charge is 0.462 e. The monoisotopic (exact) mass is 845 g/mol. The van der Waals surface area contributed by atoms with Crippen molar-refractivity contribution in [2.75, 3.05) is 47.5 Å². The van der Waals surface area contributed by atoms with E-state index in [0.29, 0.717) is 30.3 Å². The van der Waals surface area contributed by atoms with Crippen LogP contribution in [0.25, 0.3) is 0 Å². The molecule has 11 heteroatoms. The predicted molar refractivity (Wildman–Crippen MR) is 244 cm³/mol. The van der Waals surface area contributed by atoms with Crippen molar-refractivity contribution in [3.63, 3.8) is 0 Å². The lowest BCUT2D eigenvalue weighted by Gasteiger charge is -2.24. The first-order chi connectivity index (χ1) is 28.4. The van der Waals surface area contributed by atoms with Crippen LogP contribution in [0.5, 0.6) is 0 Å². The Bertz CT molecular complexity index is 1380. The highest BCUT2D eigenvalue weighted by atomic mass is 31.2. The molecule has 0 aliphatic heterocycles. The molecule has 0 rings (SSSR count). The van der Waals surface area contributed by atoms with Gasteiger partial charge in [-0.2, -0.15) is 0 Å². The minimum atomic E-state index is -4.43. The van der Waals surface area contributed by atoms with E-state index in [-0.39, 0.29) is 26.1 Å². The first kappa shape index (κ1) is 55.6. The number of hydrogen-bond acceptors (Lipinski definition) is 8. The highest BCUT2D eigenvalue weighted by Crippen LogP contribution is 2.43. The molecule has 0 aromatic heterocycles. The fourth-order valence-corrected chi connectivity index (χ4v) is 5.69. The van der Waals surface area contributed by atoms with Crippen molar-refractivity contribution in [1.29, 1.82) is 0 Å². The Kier molecular flexibility index (Phi) is 36.6. The van der Waals surface area contributed by atoms with Gasteiger partial charge in [-0.05, 0) is 83.5 Å². The second kappa shape index (κ2) is 38.8. The minimum absolute atomic E-state index is 0.00981. The Morgan fingerprint density at radius 3 is 1.78 bits per heavy atom. The molecule has 2 N–H and O–H groups in total. The Labute approximate surface area is 358 Å². The first-order valence-corrected chi connectivity index (χ1v) is 23.2. The van der Waals surface area contributed by atoms with Crippen molar-refractivity contribution >= 4 is 19.8 Å². The summed E-state index contributed by atoms with van der Waals surface area (Å²) in [7, 11) is 1.34. The predicted octanol–water partition coefficient (Wildman–Crippen LogP) is 11.3. The normalized spacial score (nSPS) is 15.2. The lowest BCUT2D eigenvalue weighted by Crippen LogP contribution is -2.37. The molecule has 0 heterocycles. The van der Waals surface area contributed by atoms with E-state index in [0.717, 1.165) is 57.8 Å². The van der Waals surface area contributed by atoms with E-state index in [1.807, 2.05) is 39.4 Å². The van der Waals surface area contributed by atoms with Crippen molar-refractivity contribution < 1.29 is 47.2 Å². The van der Waals surface area contributed by atoms with Crippen LogP contribution in [0.15, 0.2) is 109 Å². The number of allylic oxidation sites excluding steroid dienone is 16. The summed E-state index contributed by atoms with van der Waals surface area (Å²) in [5.74, 6) is -1.04. The van der Waals surface area contributed by atoms with Gasteiger partial charge in [-0.15, -0.1) is 0 Å². The molecule has 59 heavy (non-hydrogen) atoms. The molecule has 0 bridgehead atoms. The molecule has 0 radical (unpaired) electrons. The van der Waals surface area contributed by atoms with Gasteiger partial charge in [0.05, 0.1) is 33.9 Å². The maximum Gasteiger partial charge on any atom is 0.472 e. The zero-order valence-corrected chi connectivity index (χ0v) is 37.9. The Morgan fingerprint density at radius 1 is 0.627 bits per heavy atom. The van der Waals surface area contributed by atoms with E-state index in [2.05, 4.69) is 86.8 Å². The van der Waals surface area contributed by atoms with Crippen LogP contribution in [0.1, 0.15) is 123 Å². The van der Waals surface area contributed by atoms with Gasteiger partial charge in [-0.1, -0.05) is 136 Å². The molecular formula is C48H79NO9P+. The molecule has 0 spiro atoms. The molecule has 10 nitrogen and oxygen atoms in total. The number of quaternary nitrogens is 1. The minimum Gasteiger partial charge on any atom is -0.462 e. The number of hydrogen-bond donors (Lipinski definition) is 2. The summed E-state index contributed by atoms with van der Waals surface area (Å²) in [6.45, 7) is 3.99. The summed E-state index contributed by atoms with van der Waals surface area (Å²) in [6, 6.07) is 0. The molecule has 0 fully saturated rings. The molecular weight excluding hydrogens is 765 g/mol. The molecule has 2 unspecified atom stereocenters. The van der Waals surface area contributed by atoms with Crippen molar-refractivity contribution in [2.24, 2.45) is 0 Å². The number of likely N-dealkylation sites (N-methyl/N-ethyl adjacent to an activating group) is 1.